The number of aromatic amines is 1. The van der Waals surface area contributed by atoms with Gasteiger partial charge in [-0.3, -0.25) is 24.5 Å². The number of hydrogen-bond donors (Lipinski definition) is 2. The summed E-state index contributed by atoms with van der Waals surface area (Å²) in [5, 5.41) is 11.0. The number of ether oxygens (including phenoxy) is 9. The van der Waals surface area contributed by atoms with Crippen molar-refractivity contribution < 1.29 is 47.7 Å². The van der Waals surface area contributed by atoms with Crippen LogP contribution in [0.2, 0.25) is 26.2 Å². The lowest BCUT2D eigenvalue weighted by Gasteiger charge is -2.27. The molecule has 0 atom stereocenters. The van der Waals surface area contributed by atoms with Gasteiger partial charge >= 0.3 is 0 Å². The van der Waals surface area contributed by atoms with Crippen molar-refractivity contribution in [1.82, 2.24) is 123 Å². The molecule has 15 aromatic rings. The third kappa shape index (κ3) is 31.5. The van der Waals surface area contributed by atoms with Gasteiger partial charge in [0.05, 0.1) is 124 Å². The number of H-pyrrole nitrogens is 1. The number of hydrogen-bond acceptors (Lipinski definition) is 32. The molecule has 7 aliphatic rings. The maximum Gasteiger partial charge on any atom is 0.228 e. The number of alkyl halides is 1. The van der Waals surface area contributed by atoms with Crippen molar-refractivity contribution in [3.8, 4) is 51.0 Å². The van der Waals surface area contributed by atoms with Gasteiger partial charge < -0.3 is 80.8 Å². The summed E-state index contributed by atoms with van der Waals surface area (Å²) in [5.74, 6) is 3.90. The van der Waals surface area contributed by atoms with Gasteiger partial charge in [0.1, 0.15) is 75.1 Å². The van der Waals surface area contributed by atoms with Gasteiger partial charge in [-0.15, -0.1) is 24.0 Å². The molecule has 37 nitrogen and oxygen atoms in total. The predicted octanol–water partition coefficient (Wildman–Crippen LogP) is 16.0. The number of rotatable bonds is 25. The molecule has 0 saturated carbocycles. The number of aromatic nitrogens is 20. The first-order valence-electron chi connectivity index (χ1n) is 46.3. The highest BCUT2D eigenvalue weighted by atomic mass is 35.5. The highest BCUT2D eigenvalue weighted by Gasteiger charge is 2.27. The maximum atomic E-state index is 9.99. The van der Waals surface area contributed by atoms with E-state index in [1.807, 2.05) is 131 Å². The van der Waals surface area contributed by atoms with Crippen LogP contribution < -0.4 is 19.3 Å². The van der Waals surface area contributed by atoms with E-state index in [0.29, 0.717) is 78.8 Å². The van der Waals surface area contributed by atoms with Crippen molar-refractivity contribution in [1.29, 1.82) is 0 Å². The van der Waals surface area contributed by atoms with Crippen molar-refractivity contribution in [2.45, 2.75) is 76.5 Å². The predicted molar refractivity (Wildman–Crippen MR) is 572 cm³/mol. The molecule has 17 heterocycles. The number of phenols is 1. The zero-order chi connectivity index (χ0) is 94.6. The van der Waals surface area contributed by atoms with Crippen LogP contribution in [-0.2, 0) is 72.6 Å². The summed E-state index contributed by atoms with van der Waals surface area (Å²) in [6.07, 6.45) is 8.76. The highest BCUT2D eigenvalue weighted by Crippen LogP contribution is 2.35. The average Bonchev–Trinajstić information content (AvgIpc) is 1.60. The van der Waals surface area contributed by atoms with E-state index in [1.54, 1.807) is 18.5 Å². The Morgan fingerprint density at radius 3 is 1.03 bits per heavy atom. The second kappa shape index (κ2) is 58.1. The molecule has 0 bridgehead atoms. The van der Waals surface area contributed by atoms with Crippen molar-refractivity contribution >= 4 is 150 Å². The molecule has 0 amide bonds. The van der Waals surface area contributed by atoms with E-state index in [0.717, 1.165) is 313 Å². The van der Waals surface area contributed by atoms with Gasteiger partial charge in [-0.05, 0) is 82.3 Å². The fraction of sp³-hybridized carbons (Fsp3) is 0.450. The number of phenolic OH excluding ortho intramolecular Hbond substituents is 1. The van der Waals surface area contributed by atoms with Crippen LogP contribution in [0.15, 0.2) is 165 Å². The van der Waals surface area contributed by atoms with Gasteiger partial charge in [0.15, 0.2) is 38.5 Å². The third-order valence-corrected chi connectivity index (χ3v) is 25.1. The highest BCUT2D eigenvalue weighted by molar-refractivity contribution is 6.35. The van der Waals surface area contributed by atoms with Crippen LogP contribution in [0.5, 0.6) is 17.2 Å². The maximum absolute atomic E-state index is 9.99. The van der Waals surface area contributed by atoms with Crippen molar-refractivity contribution in [2.75, 3.05) is 233 Å². The Labute approximate surface area is 876 Å². The number of nitrogens with zero attached hydrogens (tertiary/aromatic N) is 26. The van der Waals surface area contributed by atoms with Crippen LogP contribution in [0.4, 0.5) is 11.9 Å². The number of aromatic hydroxyl groups is 1. The summed E-state index contributed by atoms with van der Waals surface area (Å²) >= 11 is 34.9. The molecule has 44 heteroatoms. The fourth-order valence-electron chi connectivity index (χ4n) is 16.4. The van der Waals surface area contributed by atoms with Crippen LogP contribution in [0.25, 0.3) is 89.6 Å². The standard InChI is InChI=1S/C28H32N6O3.C24H24ClN5O2.C21H26N6O3.C11H13Cl2N5O.C6H12ClNO.C5H2Cl2N4.5CH4.ClH/c1-2-5-22(6-3-1)20-37-24-8-4-7-23(19-24)25-26-27(31-28(30-25)33-13-17-36-18-14-33)34(21-29-26)10-9-32-11-15-35-16-12-32;25-24-27-21(19-7-4-8-20(15-19)32-16-18-5-2-1-3-6-18)22-23(28-24)30(17-26-22)10-9-29-11-13-31-14-12-29;28-17-3-1-2-16(14-17)18-19-20(24-21(23-18)26-8-12-30-13-9-26)27(15-22-19)5-4-25-6-10-29-11-7-25;12-9-8-10(16-11(13)15-9)18(7-14-8)2-1-17-3-5-19-6-4-17;7-1-2-8-3-5-9-6-4-8;6-3-2-4(9-1-8-2)11-5(7)10-3;;;;;;/h1-8,19,21H,9-18,20H2;1-8,15,17H,9-14,16H2;1-3,14-15,28H,4-13H2;7H,1-6H2;1-6H2;1H,(H,8,9,10,11);5*1H4;1H. The first-order valence-corrected chi connectivity index (χ1v) is 48.7. The molecule has 144 heavy (non-hydrogen) atoms. The summed E-state index contributed by atoms with van der Waals surface area (Å²) in [7, 11) is 0. The zero-order valence-corrected chi connectivity index (χ0v) is 82.1. The molecule has 10 aromatic heterocycles. The smallest absolute Gasteiger partial charge is 0.228 e. The van der Waals surface area contributed by atoms with Crippen molar-refractivity contribution in [3.05, 3.63) is 202 Å². The zero-order valence-electron chi connectivity index (χ0n) is 76.8. The molecule has 22 rings (SSSR count). The Morgan fingerprint density at radius 1 is 0.319 bits per heavy atom. The lowest BCUT2D eigenvalue weighted by atomic mass is 10.1. The van der Waals surface area contributed by atoms with Gasteiger partial charge in [-0.25, -0.2) is 49.8 Å². The summed E-state index contributed by atoms with van der Waals surface area (Å²) in [6.45, 7) is 32.4. The molecule has 7 aliphatic heterocycles. The summed E-state index contributed by atoms with van der Waals surface area (Å²) in [6, 6.07) is 43.4. The SMILES string of the molecule is C.C.C.C.C.Cl.ClCCN1CCOCC1.Clc1nc(-c2cccc(OCc3ccccc3)c2)c2ncn(CCN3CCOCC3)c2n1.Clc1nc(Cl)c2[nH]cnc2n1.Clc1nc(Cl)c2ncn(CCN3CCOCC3)c2n1.Oc1cccc(-c2nc(N3CCOCC3)nc3c2ncn3CCN2CCOCC2)c1.c1ccc(COc2cccc(-c3nc(N4CCOCC4)nc4c3ncn4CCN3CCOCC3)c2)cc1. The Morgan fingerprint density at radius 2 is 0.646 bits per heavy atom. The molecule has 0 radical (unpaired) electrons. The van der Waals surface area contributed by atoms with E-state index in [2.05, 4.69) is 116 Å². The molecule has 0 aliphatic carbocycles. The van der Waals surface area contributed by atoms with E-state index in [1.165, 1.54) is 6.33 Å². The summed E-state index contributed by atoms with van der Waals surface area (Å²) in [5.41, 5.74) is 14.3. The molecule has 7 saturated heterocycles. The molecule has 7 fully saturated rings. The normalized spacial score (nSPS) is 15.8. The Balaban J connectivity index is 0.000000172. The number of morpholine rings is 7. The van der Waals surface area contributed by atoms with Crippen LogP contribution >= 0.6 is 82.0 Å². The number of imidazole rings is 5. The van der Waals surface area contributed by atoms with Crippen molar-refractivity contribution in [2.24, 2.45) is 0 Å². The van der Waals surface area contributed by atoms with Crippen LogP contribution in [0.1, 0.15) is 48.3 Å². The summed E-state index contributed by atoms with van der Waals surface area (Å²) in [4.78, 5) is 85.4. The summed E-state index contributed by atoms with van der Waals surface area (Å²) < 4.78 is 58.3. The number of halogens is 7. The molecular weight excluding hydrogens is 1990 g/mol. The van der Waals surface area contributed by atoms with Crippen LogP contribution in [0, 0.1) is 0 Å². The van der Waals surface area contributed by atoms with E-state index in [-0.39, 0.29) is 76.3 Å². The fourth-order valence-corrected chi connectivity index (χ4v) is 17.6. The van der Waals surface area contributed by atoms with Gasteiger partial charge in [0, 0.05) is 173 Å². The minimum absolute atomic E-state index is 0. The quantitative estimate of drug-likeness (QED) is 0.0305. The minimum atomic E-state index is 0. The third-order valence-electron chi connectivity index (χ3n) is 23.9. The first kappa shape index (κ1) is 114. The number of anilines is 2. The molecule has 5 aromatic carbocycles. The Kier molecular flexibility index (Phi) is 45.9. The van der Waals surface area contributed by atoms with E-state index in [9.17, 15) is 5.11 Å². The lowest BCUT2D eigenvalue weighted by Crippen LogP contribution is -2.38. The van der Waals surface area contributed by atoms with E-state index in [4.69, 9.17) is 137 Å². The van der Waals surface area contributed by atoms with Gasteiger partial charge in [0.2, 0.25) is 27.7 Å². The average molecular weight is 2120 g/mol. The molecule has 0 spiro atoms. The van der Waals surface area contributed by atoms with Crippen LogP contribution in [-0.4, -0.2) is 350 Å². The van der Waals surface area contributed by atoms with E-state index < -0.39 is 0 Å². The monoisotopic (exact) mass is 2110 g/mol. The molecule has 774 valence electrons. The number of fused-ring (bicyclic) bond motifs is 5. The van der Waals surface area contributed by atoms with E-state index >= 15 is 0 Å². The second-order valence-corrected chi connectivity index (χ2v) is 35.1. The topological polar surface area (TPSA) is 355 Å². The Hall–Kier alpha value is -10.6. The molecular formula is C100H130Cl7N27O10. The molecule has 2 N–H and O–H groups in total. The second-order valence-electron chi connectivity index (χ2n) is 33.0. The lowest BCUT2D eigenvalue weighted by molar-refractivity contribution is 0.0364. The van der Waals surface area contributed by atoms with Gasteiger partial charge in [-0.1, -0.05) is 157 Å². The number of benzene rings is 5. The first-order chi connectivity index (χ1) is 67.8. The van der Waals surface area contributed by atoms with Crippen molar-refractivity contribution in [3.63, 3.8) is 0 Å². The minimum Gasteiger partial charge on any atom is -0.508 e. The van der Waals surface area contributed by atoms with Crippen LogP contribution in [0.3, 0.4) is 0 Å². The number of nitrogens with one attached hydrogen (secondary N) is 1. The largest absolute Gasteiger partial charge is 0.508 e. The van der Waals surface area contributed by atoms with Gasteiger partial charge in [0.25, 0.3) is 0 Å². The van der Waals surface area contributed by atoms with Gasteiger partial charge in [-0.2, -0.15) is 24.9 Å². The Bertz CT molecular complexity index is 6380. The molecule has 0 unspecified atom stereocenters.